The Labute approximate surface area is 148 Å². The minimum Gasteiger partial charge on any atom is -0.481 e. The molecule has 0 aromatic carbocycles. The molecule has 0 aromatic heterocycles. The van der Waals surface area contributed by atoms with Crippen molar-refractivity contribution in [1.29, 1.82) is 0 Å². The van der Waals surface area contributed by atoms with Crippen LogP contribution in [0.15, 0.2) is 47.9 Å². The van der Waals surface area contributed by atoms with Crippen molar-refractivity contribution < 1.29 is 9.90 Å². The maximum atomic E-state index is 10.4. The van der Waals surface area contributed by atoms with Crippen LogP contribution in [0.2, 0.25) is 0 Å². The second kappa shape index (κ2) is 19.3. The van der Waals surface area contributed by atoms with Crippen LogP contribution < -0.4 is 0 Å². The molecule has 24 heavy (non-hydrogen) atoms. The van der Waals surface area contributed by atoms with Gasteiger partial charge in [0.1, 0.15) is 0 Å². The van der Waals surface area contributed by atoms with Gasteiger partial charge < -0.3 is 5.11 Å². The highest BCUT2D eigenvalue weighted by atomic mass is 16.4. The molecule has 0 saturated carbocycles. The minimum absolute atomic E-state index is 0.320. The van der Waals surface area contributed by atoms with E-state index in [0.717, 1.165) is 32.1 Å². The molecule has 0 heterocycles. The molecular formula is C22H34O2. The molecule has 1 N–H and O–H groups in total. The van der Waals surface area contributed by atoms with Crippen LogP contribution in [0.25, 0.3) is 0 Å². The number of aliphatic carboxylic acids is 1. The van der Waals surface area contributed by atoms with Gasteiger partial charge in [0.2, 0.25) is 0 Å². The predicted octanol–water partition coefficient (Wildman–Crippen LogP) is 6.75. The molecule has 0 aliphatic heterocycles. The molecule has 0 rings (SSSR count). The summed E-state index contributed by atoms with van der Waals surface area (Å²) in [6, 6.07) is 0. The monoisotopic (exact) mass is 330 g/mol. The predicted molar refractivity (Wildman–Crippen MR) is 103 cm³/mol. The van der Waals surface area contributed by atoms with Gasteiger partial charge >= 0.3 is 5.97 Å². The second-order valence-corrected chi connectivity index (χ2v) is 5.93. The van der Waals surface area contributed by atoms with Crippen molar-refractivity contribution in [3.8, 4) is 0 Å². The summed E-state index contributed by atoms with van der Waals surface area (Å²) in [6.07, 6.45) is 25.2. The van der Waals surface area contributed by atoms with E-state index in [2.05, 4.69) is 29.7 Å². The Morgan fingerprint density at radius 1 is 0.792 bits per heavy atom. The fraction of sp³-hybridized carbons (Fsp3) is 0.591. The maximum absolute atomic E-state index is 10.4. The van der Waals surface area contributed by atoms with Crippen LogP contribution in [0.1, 0.15) is 84.0 Å². The van der Waals surface area contributed by atoms with E-state index in [4.69, 9.17) is 5.11 Å². The average Bonchev–Trinajstić information content (AvgIpc) is 2.56. The lowest BCUT2D eigenvalue weighted by atomic mass is 10.1. The van der Waals surface area contributed by atoms with Crippen molar-refractivity contribution in [2.45, 2.75) is 84.0 Å². The van der Waals surface area contributed by atoms with E-state index in [-0.39, 0.29) is 0 Å². The Balaban J connectivity index is 3.31. The van der Waals surface area contributed by atoms with Crippen LogP contribution in [0, 0.1) is 0 Å². The van der Waals surface area contributed by atoms with Crippen LogP contribution in [-0.2, 0) is 4.79 Å². The number of hydrogen-bond acceptors (Lipinski definition) is 1. The van der Waals surface area contributed by atoms with Gasteiger partial charge in [-0.05, 0) is 76.2 Å². The number of unbranched alkanes of at least 4 members (excludes halogenated alkanes) is 8. The minimum atomic E-state index is -0.673. The molecule has 0 saturated heterocycles. The Kier molecular flexibility index (Phi) is 17.9. The van der Waals surface area contributed by atoms with E-state index in [9.17, 15) is 4.79 Å². The average molecular weight is 331 g/mol. The molecule has 0 aliphatic rings. The first-order valence-corrected chi connectivity index (χ1v) is 9.39. The summed E-state index contributed by atoms with van der Waals surface area (Å²) in [7, 11) is 0. The summed E-state index contributed by atoms with van der Waals surface area (Å²) in [5, 5.41) is 8.54. The number of rotatable bonds is 15. The Bertz CT molecular complexity index is 445. The highest BCUT2D eigenvalue weighted by molar-refractivity contribution is 5.66. The van der Waals surface area contributed by atoms with Crippen molar-refractivity contribution >= 4 is 5.97 Å². The van der Waals surface area contributed by atoms with Gasteiger partial charge in [0.15, 0.2) is 0 Å². The molecule has 0 aliphatic carbocycles. The SMILES string of the molecule is CC=C=CCC=C=CCCC/C=C/CCCCCCCCC(=O)O. The molecule has 0 fully saturated rings. The van der Waals surface area contributed by atoms with Gasteiger partial charge in [-0.1, -0.05) is 37.8 Å². The van der Waals surface area contributed by atoms with Crippen LogP contribution in [0.5, 0.6) is 0 Å². The quantitative estimate of drug-likeness (QED) is 0.205. The molecule has 0 radical (unpaired) electrons. The molecule has 0 atom stereocenters. The van der Waals surface area contributed by atoms with Gasteiger partial charge in [-0.3, -0.25) is 4.79 Å². The van der Waals surface area contributed by atoms with Gasteiger partial charge in [0.05, 0.1) is 0 Å². The standard InChI is InChI=1S/C22H34O2/c1-2-3-4-5-6-7-8-9-10-11-12-13-14-15-16-17-18-19-20-21-22(23)24/h2,4,6,8,12-13H,5,9-11,14-21H2,1H3,(H,23,24)/b13-12+. The molecule has 0 unspecified atom stereocenters. The van der Waals surface area contributed by atoms with E-state index in [0.29, 0.717) is 6.42 Å². The highest BCUT2D eigenvalue weighted by Gasteiger charge is 1.96. The number of carboxylic acid groups (broad SMARTS) is 1. The molecule has 134 valence electrons. The largest absolute Gasteiger partial charge is 0.481 e. The fourth-order valence-corrected chi connectivity index (χ4v) is 2.30. The zero-order valence-corrected chi connectivity index (χ0v) is 15.3. The Morgan fingerprint density at radius 3 is 2.12 bits per heavy atom. The van der Waals surface area contributed by atoms with Crippen LogP contribution in [0.4, 0.5) is 0 Å². The third-order valence-corrected chi connectivity index (χ3v) is 3.65. The Morgan fingerprint density at radius 2 is 1.42 bits per heavy atom. The lowest BCUT2D eigenvalue weighted by molar-refractivity contribution is -0.137. The van der Waals surface area contributed by atoms with Crippen molar-refractivity contribution in [2.75, 3.05) is 0 Å². The first-order chi connectivity index (χ1) is 11.8. The van der Waals surface area contributed by atoms with E-state index in [1.54, 1.807) is 0 Å². The first kappa shape index (κ1) is 22.2. The van der Waals surface area contributed by atoms with Crippen molar-refractivity contribution in [3.05, 3.63) is 47.9 Å². The lowest BCUT2D eigenvalue weighted by Crippen LogP contribution is -1.93. The maximum Gasteiger partial charge on any atom is 0.303 e. The van der Waals surface area contributed by atoms with E-state index >= 15 is 0 Å². The first-order valence-electron chi connectivity index (χ1n) is 9.39. The topological polar surface area (TPSA) is 37.3 Å². The molecule has 2 heteroatoms. The lowest BCUT2D eigenvalue weighted by Gasteiger charge is -1.99. The van der Waals surface area contributed by atoms with Crippen molar-refractivity contribution in [2.24, 2.45) is 0 Å². The zero-order valence-electron chi connectivity index (χ0n) is 15.3. The summed E-state index contributed by atoms with van der Waals surface area (Å²) >= 11 is 0. The summed E-state index contributed by atoms with van der Waals surface area (Å²) in [4.78, 5) is 10.4. The van der Waals surface area contributed by atoms with Crippen molar-refractivity contribution in [1.82, 2.24) is 0 Å². The molecular weight excluding hydrogens is 296 g/mol. The van der Waals surface area contributed by atoms with E-state index in [1.165, 1.54) is 38.5 Å². The fourth-order valence-electron chi connectivity index (χ4n) is 2.30. The van der Waals surface area contributed by atoms with Gasteiger partial charge in [-0.2, -0.15) is 0 Å². The van der Waals surface area contributed by atoms with Gasteiger partial charge in [-0.15, -0.1) is 11.5 Å². The van der Waals surface area contributed by atoms with E-state index < -0.39 is 5.97 Å². The molecule has 0 bridgehead atoms. The number of carboxylic acids is 1. The normalized spacial score (nSPS) is 10.0. The molecule has 2 nitrogen and oxygen atoms in total. The van der Waals surface area contributed by atoms with Crippen LogP contribution >= 0.6 is 0 Å². The number of allylic oxidation sites excluding steroid dienone is 4. The zero-order chi connectivity index (χ0) is 17.7. The molecule has 0 spiro atoms. The number of hydrogen-bond donors (Lipinski definition) is 1. The molecule has 0 aromatic rings. The van der Waals surface area contributed by atoms with Gasteiger partial charge in [-0.25, -0.2) is 0 Å². The summed E-state index contributed by atoms with van der Waals surface area (Å²) in [6.45, 7) is 1.97. The second-order valence-electron chi connectivity index (χ2n) is 5.93. The number of carbonyl (C=O) groups is 1. The summed E-state index contributed by atoms with van der Waals surface area (Å²) in [5.74, 6) is -0.673. The Hall–Kier alpha value is -1.75. The van der Waals surface area contributed by atoms with Crippen LogP contribution in [0.3, 0.4) is 0 Å². The summed E-state index contributed by atoms with van der Waals surface area (Å²) < 4.78 is 0. The smallest absolute Gasteiger partial charge is 0.303 e. The van der Waals surface area contributed by atoms with Crippen LogP contribution in [-0.4, -0.2) is 11.1 Å². The highest BCUT2D eigenvalue weighted by Crippen LogP contribution is 2.09. The van der Waals surface area contributed by atoms with Crippen molar-refractivity contribution in [3.63, 3.8) is 0 Å². The van der Waals surface area contributed by atoms with Gasteiger partial charge in [0.25, 0.3) is 0 Å². The van der Waals surface area contributed by atoms with E-state index in [1.807, 2.05) is 25.2 Å². The summed E-state index contributed by atoms with van der Waals surface area (Å²) in [5.41, 5.74) is 6.24. The van der Waals surface area contributed by atoms with Gasteiger partial charge in [0, 0.05) is 6.42 Å². The third kappa shape index (κ3) is 20.2. The molecule has 0 amide bonds. The third-order valence-electron chi connectivity index (χ3n) is 3.65.